The smallest absolute Gasteiger partial charge is 0.238 e. The van der Waals surface area contributed by atoms with Crippen molar-refractivity contribution in [3.63, 3.8) is 0 Å². The number of hydrogen-bond acceptors (Lipinski definition) is 6. The summed E-state index contributed by atoms with van der Waals surface area (Å²) in [4.78, 5) is -0.0592. The Hall–Kier alpha value is -3.02. The Balaban J connectivity index is 1.88. The molecule has 0 unspecified atom stereocenters. The van der Waals surface area contributed by atoms with Crippen LogP contribution in [-0.4, -0.2) is 30.3 Å². The van der Waals surface area contributed by atoms with Gasteiger partial charge in [-0.1, -0.05) is 6.07 Å². The second-order valence-corrected chi connectivity index (χ2v) is 7.77. The average Bonchev–Trinajstić information content (AvgIpc) is 2.89. The lowest BCUT2D eigenvalue weighted by Crippen LogP contribution is -2.13. The minimum Gasteiger partial charge on any atom is -0.497 e. The number of nitrogens with one attached hydrogen (secondary N) is 1. The molecular formula is C17H17N5O4S2. The number of azo groups is 1. The fourth-order valence-electron chi connectivity index (χ4n) is 2.61. The van der Waals surface area contributed by atoms with Crippen molar-refractivity contribution in [3.05, 3.63) is 42.5 Å². The first-order valence-corrected chi connectivity index (χ1v) is 9.87. The molecule has 3 aromatic rings. The van der Waals surface area contributed by atoms with Crippen LogP contribution in [0.25, 0.3) is 10.9 Å². The third-order valence-electron chi connectivity index (χ3n) is 4.00. The number of aryl methyl sites for hydroxylation is 1. The maximum absolute atomic E-state index is 11.4. The lowest BCUT2D eigenvalue weighted by Gasteiger charge is -2.05. The monoisotopic (exact) mass is 419 g/mol. The van der Waals surface area contributed by atoms with Gasteiger partial charge in [-0.25, -0.2) is 13.6 Å². The van der Waals surface area contributed by atoms with E-state index in [0.29, 0.717) is 16.8 Å². The fraction of sp³-hybridized carbons (Fsp3) is 0.118. The summed E-state index contributed by atoms with van der Waals surface area (Å²) in [7, 11) is -0.601. The Morgan fingerprint density at radius 3 is 2.71 bits per heavy atom. The predicted molar refractivity (Wildman–Crippen MR) is 110 cm³/mol. The number of sulfonamides is 1. The van der Waals surface area contributed by atoms with E-state index in [9.17, 15) is 13.5 Å². The van der Waals surface area contributed by atoms with Crippen LogP contribution in [0.4, 0.5) is 11.4 Å². The number of fused-ring (bicyclic) bond motifs is 1. The van der Waals surface area contributed by atoms with Crippen LogP contribution in [0.1, 0.15) is 0 Å². The van der Waals surface area contributed by atoms with Gasteiger partial charge in [0.25, 0.3) is 0 Å². The molecule has 4 N–H and O–H groups in total. The molecular weight excluding hydrogens is 402 g/mol. The number of aromatic nitrogens is 1. The molecule has 28 heavy (non-hydrogen) atoms. The Kier molecular flexibility index (Phi) is 5.31. The summed E-state index contributed by atoms with van der Waals surface area (Å²) in [5, 5.41) is 26.8. The van der Waals surface area contributed by atoms with E-state index in [1.165, 1.54) is 18.2 Å². The number of methoxy groups -OCH3 is 1. The Labute approximate surface area is 166 Å². The molecule has 0 radical (unpaired) electrons. The lowest BCUT2D eigenvalue weighted by molar-refractivity contribution is 0.415. The summed E-state index contributed by atoms with van der Waals surface area (Å²) in [5.41, 5.74) is 1.37. The molecule has 0 atom stereocenters. The molecule has 0 fully saturated rings. The number of nitrogens with zero attached hydrogens (tertiary/aromatic N) is 3. The first kappa shape index (κ1) is 19.7. The summed E-state index contributed by atoms with van der Waals surface area (Å²) >= 11 is 5.13. The van der Waals surface area contributed by atoms with E-state index >= 15 is 0 Å². The quantitative estimate of drug-likeness (QED) is 0.440. The van der Waals surface area contributed by atoms with E-state index in [2.05, 4.69) is 15.5 Å². The molecule has 1 aromatic heterocycles. The minimum atomic E-state index is -3.84. The van der Waals surface area contributed by atoms with Gasteiger partial charge in [0.2, 0.25) is 21.0 Å². The van der Waals surface area contributed by atoms with Crippen LogP contribution in [0.2, 0.25) is 0 Å². The van der Waals surface area contributed by atoms with Gasteiger partial charge in [-0.3, -0.25) is 0 Å². The molecule has 9 nitrogen and oxygen atoms in total. The number of thiocarbonyl (C=S) groups is 1. The summed E-state index contributed by atoms with van der Waals surface area (Å²) in [6.07, 6.45) is 0. The molecule has 0 spiro atoms. The fourth-order valence-corrected chi connectivity index (χ4v) is 3.33. The molecule has 1 heterocycles. The van der Waals surface area contributed by atoms with Crippen molar-refractivity contribution in [1.82, 2.24) is 4.57 Å². The second-order valence-electron chi connectivity index (χ2n) is 5.82. The molecule has 0 aliphatic heterocycles. The summed E-state index contributed by atoms with van der Waals surface area (Å²) < 4.78 is 29.6. The van der Waals surface area contributed by atoms with Crippen molar-refractivity contribution in [1.29, 1.82) is 0 Å². The van der Waals surface area contributed by atoms with E-state index in [-0.39, 0.29) is 21.6 Å². The number of rotatable bonds is 4. The summed E-state index contributed by atoms with van der Waals surface area (Å²) in [6.45, 7) is 0. The van der Waals surface area contributed by atoms with Gasteiger partial charge in [0, 0.05) is 18.1 Å². The van der Waals surface area contributed by atoms with Crippen LogP contribution in [0.3, 0.4) is 0 Å². The standard InChI is InChI=1S/C17H17N5O4S2/c1-22-14-7-6-11(26-2)9-13(14)15(16(22)23)20-21-17(27)19-10-4-3-5-12(8-10)28(18,24)25/h3-9,23H,1-2H3,(H,19,27)(H2,18,24,25). The van der Waals surface area contributed by atoms with E-state index in [1.54, 1.807) is 43.0 Å². The van der Waals surface area contributed by atoms with Gasteiger partial charge in [-0.15, -0.1) is 10.2 Å². The Bertz CT molecular complexity index is 1200. The number of primary sulfonamides is 1. The normalized spacial score (nSPS) is 11.8. The van der Waals surface area contributed by atoms with Crippen LogP contribution < -0.4 is 15.2 Å². The van der Waals surface area contributed by atoms with Gasteiger partial charge in [-0.05, 0) is 48.6 Å². The van der Waals surface area contributed by atoms with Crippen LogP contribution in [0, 0.1) is 0 Å². The maximum atomic E-state index is 11.4. The third kappa shape index (κ3) is 3.96. The number of anilines is 1. The molecule has 0 bridgehead atoms. The molecule has 0 saturated heterocycles. The van der Waals surface area contributed by atoms with E-state index in [4.69, 9.17) is 22.1 Å². The highest BCUT2D eigenvalue weighted by Gasteiger charge is 2.15. The van der Waals surface area contributed by atoms with Gasteiger partial charge < -0.3 is 19.7 Å². The number of ether oxygens (including phenoxy) is 1. The Morgan fingerprint density at radius 1 is 1.29 bits per heavy atom. The molecule has 11 heteroatoms. The Morgan fingerprint density at radius 2 is 2.04 bits per heavy atom. The minimum absolute atomic E-state index is 0.0223. The van der Waals surface area contributed by atoms with Gasteiger partial charge in [-0.2, -0.15) is 0 Å². The van der Waals surface area contributed by atoms with Crippen molar-refractivity contribution in [2.75, 3.05) is 12.4 Å². The predicted octanol–water partition coefficient (Wildman–Crippen LogP) is 3.02. The highest BCUT2D eigenvalue weighted by atomic mass is 32.2. The van der Waals surface area contributed by atoms with Gasteiger partial charge >= 0.3 is 0 Å². The molecule has 0 aliphatic rings. The number of aromatic hydroxyl groups is 1. The highest BCUT2D eigenvalue weighted by Crippen LogP contribution is 2.39. The van der Waals surface area contributed by atoms with Crippen LogP contribution in [-0.2, 0) is 17.1 Å². The second kappa shape index (κ2) is 7.54. The van der Waals surface area contributed by atoms with Crippen LogP contribution >= 0.6 is 12.2 Å². The maximum Gasteiger partial charge on any atom is 0.238 e. The first-order valence-electron chi connectivity index (χ1n) is 7.91. The van der Waals surface area contributed by atoms with E-state index in [0.717, 1.165) is 5.52 Å². The average molecular weight is 419 g/mol. The largest absolute Gasteiger partial charge is 0.497 e. The number of nitrogens with two attached hydrogens (primary N) is 1. The third-order valence-corrected chi connectivity index (χ3v) is 5.10. The highest BCUT2D eigenvalue weighted by molar-refractivity contribution is 7.89. The number of hydrogen-bond donors (Lipinski definition) is 3. The molecule has 0 aliphatic carbocycles. The van der Waals surface area contributed by atoms with Gasteiger partial charge in [0.05, 0.1) is 17.5 Å². The van der Waals surface area contributed by atoms with Crippen LogP contribution in [0.5, 0.6) is 11.6 Å². The summed E-state index contributed by atoms with van der Waals surface area (Å²) in [5.74, 6) is 0.529. The topological polar surface area (TPSA) is 131 Å². The van der Waals surface area contributed by atoms with Crippen molar-refractivity contribution in [2.45, 2.75) is 4.90 Å². The lowest BCUT2D eigenvalue weighted by atomic mass is 10.2. The molecule has 3 rings (SSSR count). The zero-order valence-corrected chi connectivity index (χ0v) is 16.6. The molecule has 0 amide bonds. The van der Waals surface area contributed by atoms with Crippen molar-refractivity contribution < 1.29 is 18.3 Å². The zero-order valence-electron chi connectivity index (χ0n) is 14.9. The first-order chi connectivity index (χ1) is 13.2. The van der Waals surface area contributed by atoms with E-state index in [1.807, 2.05) is 0 Å². The van der Waals surface area contributed by atoms with E-state index < -0.39 is 10.0 Å². The van der Waals surface area contributed by atoms with Crippen LogP contribution in [0.15, 0.2) is 57.6 Å². The van der Waals surface area contributed by atoms with Crippen molar-refractivity contribution >= 4 is 49.6 Å². The van der Waals surface area contributed by atoms with Crippen molar-refractivity contribution in [2.24, 2.45) is 22.4 Å². The molecule has 2 aromatic carbocycles. The summed E-state index contributed by atoms with van der Waals surface area (Å²) in [6, 6.07) is 11.1. The van der Waals surface area contributed by atoms with Gasteiger partial charge in [0.1, 0.15) is 5.75 Å². The van der Waals surface area contributed by atoms with Crippen molar-refractivity contribution in [3.8, 4) is 11.6 Å². The van der Waals surface area contributed by atoms with Gasteiger partial charge in [0.15, 0.2) is 5.69 Å². The zero-order chi connectivity index (χ0) is 20.5. The SMILES string of the molecule is COc1ccc2c(c1)c(N=NC(=S)Nc1cccc(S(N)(=O)=O)c1)c(O)n2C. The molecule has 0 saturated carbocycles. The molecule has 146 valence electrons. The number of benzene rings is 2.